The second-order valence-electron chi connectivity index (χ2n) is 7.49. The summed E-state index contributed by atoms with van der Waals surface area (Å²) in [5.74, 6) is -1.12. The van der Waals surface area contributed by atoms with E-state index in [0.29, 0.717) is 24.0 Å². The number of aromatic nitrogens is 1. The van der Waals surface area contributed by atoms with E-state index >= 15 is 0 Å². The summed E-state index contributed by atoms with van der Waals surface area (Å²) in [5.41, 5.74) is 0.958. The van der Waals surface area contributed by atoms with Crippen molar-refractivity contribution in [3.05, 3.63) is 59.9 Å². The summed E-state index contributed by atoms with van der Waals surface area (Å²) in [6.45, 7) is -0.0641. The van der Waals surface area contributed by atoms with E-state index in [1.807, 2.05) is 6.07 Å². The van der Waals surface area contributed by atoms with Crippen molar-refractivity contribution in [1.29, 1.82) is 5.26 Å². The number of nitrogens with zero attached hydrogens (tertiary/aromatic N) is 2. The Labute approximate surface area is 181 Å². The maximum atomic E-state index is 12.7. The third-order valence-electron chi connectivity index (χ3n) is 5.34. The molecule has 0 spiro atoms. The highest BCUT2D eigenvalue weighted by atomic mass is 32.2. The van der Waals surface area contributed by atoms with Crippen LogP contribution in [0.15, 0.2) is 53.7 Å². The van der Waals surface area contributed by atoms with Crippen LogP contribution in [0.2, 0.25) is 0 Å². The van der Waals surface area contributed by atoms with Gasteiger partial charge in [-0.25, -0.2) is 8.42 Å². The first-order valence-corrected chi connectivity index (χ1v) is 11.7. The minimum atomic E-state index is -3.55. The summed E-state index contributed by atoms with van der Waals surface area (Å²) in [6.07, 6.45) is 6.19. The van der Waals surface area contributed by atoms with Crippen LogP contribution in [0.25, 0.3) is 0 Å². The van der Waals surface area contributed by atoms with Crippen LogP contribution in [0.1, 0.15) is 41.6 Å². The minimum absolute atomic E-state index is 0.0641. The smallest absolute Gasteiger partial charge is 0.251 e. The Morgan fingerprint density at radius 1 is 1.06 bits per heavy atom. The van der Waals surface area contributed by atoms with Crippen molar-refractivity contribution in [3.63, 3.8) is 0 Å². The Balaban J connectivity index is 1.67. The fraction of sp³-hybridized carbons (Fsp3) is 0.364. The lowest BCUT2D eigenvalue weighted by molar-refractivity contribution is -0.126. The Hall–Kier alpha value is -3.25. The van der Waals surface area contributed by atoms with Gasteiger partial charge < -0.3 is 10.6 Å². The van der Waals surface area contributed by atoms with Gasteiger partial charge in [0.15, 0.2) is 9.84 Å². The van der Waals surface area contributed by atoms with Crippen LogP contribution in [0.3, 0.4) is 0 Å². The lowest BCUT2D eigenvalue weighted by atomic mass is 9.83. The van der Waals surface area contributed by atoms with E-state index in [-0.39, 0.29) is 41.0 Å². The van der Waals surface area contributed by atoms with Gasteiger partial charge >= 0.3 is 0 Å². The second kappa shape index (κ2) is 10.2. The zero-order chi connectivity index (χ0) is 22.3. The number of amides is 2. The number of carbonyl (C=O) groups excluding carboxylic acids is 2. The van der Waals surface area contributed by atoms with E-state index in [1.54, 1.807) is 12.1 Å². The summed E-state index contributed by atoms with van der Waals surface area (Å²) >= 11 is 0. The topological polar surface area (TPSA) is 129 Å². The third kappa shape index (κ3) is 5.89. The van der Waals surface area contributed by atoms with Gasteiger partial charge in [0, 0.05) is 24.0 Å². The number of carbonyl (C=O) groups is 2. The number of nitriles is 1. The highest BCUT2D eigenvalue weighted by Crippen LogP contribution is 2.25. The highest BCUT2D eigenvalue weighted by Gasteiger charge is 2.32. The minimum Gasteiger partial charge on any atom is -0.349 e. The molecule has 0 aliphatic heterocycles. The van der Waals surface area contributed by atoms with Crippen molar-refractivity contribution < 1.29 is 18.0 Å². The summed E-state index contributed by atoms with van der Waals surface area (Å²) in [5, 5.41) is 14.1. The fourth-order valence-electron chi connectivity index (χ4n) is 3.72. The number of pyridine rings is 1. The monoisotopic (exact) mass is 440 g/mol. The molecule has 1 fully saturated rings. The van der Waals surface area contributed by atoms with Gasteiger partial charge in [-0.15, -0.1) is 0 Å². The van der Waals surface area contributed by atoms with Crippen LogP contribution in [0.5, 0.6) is 0 Å². The Bertz CT molecular complexity index is 1060. The van der Waals surface area contributed by atoms with Crippen LogP contribution in [-0.2, 0) is 20.4 Å². The summed E-state index contributed by atoms with van der Waals surface area (Å²) in [6, 6.07) is 10.6. The standard InChI is InChI=1S/C22H24N4O4S/c23-11-14-25-22(28)19-3-1-2-4-20(19)26-21(27)17-5-7-18(8-6-17)31(29,30)15-16-9-12-24-13-10-16/h5-10,12-13,19-20H,1-4,14-15H2,(H,25,28)(H,26,27)/t19-,20+/m1/s1. The molecule has 162 valence electrons. The molecule has 0 bridgehead atoms. The van der Waals surface area contributed by atoms with E-state index < -0.39 is 9.84 Å². The quantitative estimate of drug-likeness (QED) is 0.634. The van der Waals surface area contributed by atoms with Crippen molar-refractivity contribution in [2.24, 2.45) is 5.92 Å². The van der Waals surface area contributed by atoms with E-state index in [0.717, 1.165) is 12.8 Å². The first kappa shape index (κ1) is 22.4. The van der Waals surface area contributed by atoms with Crippen molar-refractivity contribution in [1.82, 2.24) is 15.6 Å². The van der Waals surface area contributed by atoms with Crippen LogP contribution in [-0.4, -0.2) is 37.8 Å². The van der Waals surface area contributed by atoms with Gasteiger partial charge in [-0.1, -0.05) is 12.8 Å². The van der Waals surface area contributed by atoms with Gasteiger partial charge in [-0.2, -0.15) is 5.26 Å². The molecule has 2 N–H and O–H groups in total. The molecule has 9 heteroatoms. The molecular formula is C22H24N4O4S. The molecule has 3 rings (SSSR count). The molecule has 0 saturated heterocycles. The number of benzene rings is 1. The van der Waals surface area contributed by atoms with E-state index in [2.05, 4.69) is 15.6 Å². The molecular weight excluding hydrogens is 416 g/mol. The second-order valence-corrected chi connectivity index (χ2v) is 9.48. The lowest BCUT2D eigenvalue weighted by Crippen LogP contribution is -2.48. The summed E-state index contributed by atoms with van der Waals surface area (Å²) in [4.78, 5) is 29.0. The molecule has 2 amide bonds. The Morgan fingerprint density at radius 2 is 1.74 bits per heavy atom. The van der Waals surface area contributed by atoms with Crippen LogP contribution in [0.4, 0.5) is 0 Å². The zero-order valence-electron chi connectivity index (χ0n) is 17.0. The van der Waals surface area contributed by atoms with Gasteiger partial charge in [-0.3, -0.25) is 14.6 Å². The largest absolute Gasteiger partial charge is 0.349 e. The molecule has 1 aromatic heterocycles. The fourth-order valence-corrected chi connectivity index (χ4v) is 5.07. The first-order valence-electron chi connectivity index (χ1n) is 10.1. The average molecular weight is 441 g/mol. The molecule has 0 unspecified atom stereocenters. The van der Waals surface area contributed by atoms with Crippen LogP contribution >= 0.6 is 0 Å². The SMILES string of the molecule is N#CCNC(=O)[C@@H]1CCCC[C@@H]1NC(=O)c1ccc(S(=O)(=O)Cc2ccncc2)cc1. The van der Waals surface area contributed by atoms with E-state index in [9.17, 15) is 18.0 Å². The lowest BCUT2D eigenvalue weighted by Gasteiger charge is -2.31. The van der Waals surface area contributed by atoms with E-state index in [1.165, 1.54) is 36.7 Å². The van der Waals surface area contributed by atoms with Crippen molar-refractivity contribution in [2.75, 3.05) is 6.54 Å². The first-order chi connectivity index (χ1) is 14.9. The van der Waals surface area contributed by atoms with E-state index in [4.69, 9.17) is 5.26 Å². The van der Waals surface area contributed by atoms with Gasteiger partial charge in [-0.05, 0) is 54.8 Å². The predicted molar refractivity (Wildman–Crippen MR) is 113 cm³/mol. The number of hydrogen-bond donors (Lipinski definition) is 2. The van der Waals surface area contributed by atoms with Gasteiger partial charge in [0.25, 0.3) is 5.91 Å². The molecule has 2 atom stereocenters. The van der Waals surface area contributed by atoms with Gasteiger partial charge in [0.05, 0.1) is 22.6 Å². The highest BCUT2D eigenvalue weighted by molar-refractivity contribution is 7.90. The maximum absolute atomic E-state index is 12.7. The predicted octanol–water partition coefficient (Wildman–Crippen LogP) is 1.98. The molecule has 1 heterocycles. The Morgan fingerprint density at radius 3 is 2.42 bits per heavy atom. The van der Waals surface area contributed by atoms with Crippen LogP contribution < -0.4 is 10.6 Å². The van der Waals surface area contributed by atoms with Gasteiger partial charge in [0.2, 0.25) is 5.91 Å². The molecule has 8 nitrogen and oxygen atoms in total. The summed E-state index contributed by atoms with van der Waals surface area (Å²) < 4.78 is 25.2. The average Bonchev–Trinajstić information content (AvgIpc) is 2.78. The molecule has 1 aliphatic rings. The molecule has 1 aromatic carbocycles. The van der Waals surface area contributed by atoms with Crippen LogP contribution in [0, 0.1) is 17.2 Å². The van der Waals surface area contributed by atoms with Gasteiger partial charge in [0.1, 0.15) is 6.54 Å². The molecule has 31 heavy (non-hydrogen) atoms. The normalized spacial score (nSPS) is 18.5. The Kier molecular flexibility index (Phi) is 7.36. The molecule has 0 radical (unpaired) electrons. The molecule has 2 aromatic rings. The number of nitrogens with one attached hydrogen (secondary N) is 2. The van der Waals surface area contributed by atoms with Crippen molar-refractivity contribution in [3.8, 4) is 6.07 Å². The third-order valence-corrected chi connectivity index (χ3v) is 7.05. The number of hydrogen-bond acceptors (Lipinski definition) is 6. The number of rotatable bonds is 7. The molecule has 1 saturated carbocycles. The van der Waals surface area contributed by atoms with Crippen molar-refractivity contribution >= 4 is 21.7 Å². The van der Waals surface area contributed by atoms with Crippen molar-refractivity contribution in [2.45, 2.75) is 42.4 Å². The zero-order valence-corrected chi connectivity index (χ0v) is 17.8. The maximum Gasteiger partial charge on any atom is 0.251 e. The molecule has 1 aliphatic carbocycles. The summed E-state index contributed by atoms with van der Waals surface area (Å²) in [7, 11) is -3.55. The number of sulfone groups is 1.